The summed E-state index contributed by atoms with van der Waals surface area (Å²) >= 11 is 9.54. The number of anilines is 1. The van der Waals surface area contributed by atoms with E-state index >= 15 is 0 Å². The molecule has 0 fully saturated rings. The fourth-order valence-corrected chi connectivity index (χ4v) is 3.93. The standard InChI is InChI=1S/C23H19BrClNO3/c1-14-10-15(2)23(19(24)11-14)29-13-21(27)26-20-9-8-17(25)12-18(20)22(28)16-6-4-3-5-7-16/h3-12H,13H2,1-2H3,(H,26,27). The maximum Gasteiger partial charge on any atom is 0.262 e. The Hall–Kier alpha value is -2.63. The Kier molecular flexibility index (Phi) is 6.72. The lowest BCUT2D eigenvalue weighted by molar-refractivity contribution is -0.118. The van der Waals surface area contributed by atoms with Crippen molar-refractivity contribution in [1.29, 1.82) is 0 Å². The zero-order valence-corrected chi connectivity index (χ0v) is 18.3. The van der Waals surface area contributed by atoms with Crippen LogP contribution in [0.25, 0.3) is 0 Å². The predicted octanol–water partition coefficient (Wildman–Crippen LogP) is 5.97. The fraction of sp³-hybridized carbons (Fsp3) is 0.130. The van der Waals surface area contributed by atoms with Gasteiger partial charge in [-0.05, 0) is 65.2 Å². The summed E-state index contributed by atoms with van der Waals surface area (Å²) in [5, 5.41) is 3.16. The molecule has 3 aromatic carbocycles. The van der Waals surface area contributed by atoms with Crippen molar-refractivity contribution in [2.75, 3.05) is 11.9 Å². The molecule has 0 saturated carbocycles. The fourth-order valence-electron chi connectivity index (χ4n) is 2.97. The van der Waals surface area contributed by atoms with Crippen LogP contribution in [0.5, 0.6) is 5.75 Å². The lowest BCUT2D eigenvalue weighted by Crippen LogP contribution is -2.22. The number of aryl methyl sites for hydroxylation is 2. The second kappa shape index (κ2) is 9.25. The Morgan fingerprint density at radius 1 is 1.03 bits per heavy atom. The minimum Gasteiger partial charge on any atom is -0.482 e. The van der Waals surface area contributed by atoms with Crippen LogP contribution >= 0.6 is 27.5 Å². The molecule has 0 saturated heterocycles. The van der Waals surface area contributed by atoms with Gasteiger partial charge in [0.1, 0.15) is 5.75 Å². The van der Waals surface area contributed by atoms with E-state index in [-0.39, 0.29) is 18.3 Å². The summed E-state index contributed by atoms with van der Waals surface area (Å²) in [5.41, 5.74) is 3.24. The van der Waals surface area contributed by atoms with E-state index in [0.717, 1.165) is 15.6 Å². The van der Waals surface area contributed by atoms with Crippen molar-refractivity contribution in [1.82, 2.24) is 0 Å². The summed E-state index contributed by atoms with van der Waals surface area (Å²) in [5.74, 6) is 0.0187. The van der Waals surface area contributed by atoms with Crippen LogP contribution in [0, 0.1) is 13.8 Å². The van der Waals surface area contributed by atoms with Gasteiger partial charge >= 0.3 is 0 Å². The summed E-state index contributed by atoms with van der Waals surface area (Å²) in [6.07, 6.45) is 0. The normalized spacial score (nSPS) is 10.5. The molecule has 0 aliphatic carbocycles. The lowest BCUT2D eigenvalue weighted by atomic mass is 10.0. The molecule has 148 valence electrons. The average molecular weight is 473 g/mol. The van der Waals surface area contributed by atoms with Gasteiger partial charge in [0, 0.05) is 16.1 Å². The third-order valence-electron chi connectivity index (χ3n) is 4.26. The maximum absolute atomic E-state index is 12.9. The molecule has 0 bridgehead atoms. The zero-order chi connectivity index (χ0) is 21.0. The first-order valence-electron chi connectivity index (χ1n) is 8.94. The Balaban J connectivity index is 1.77. The zero-order valence-electron chi connectivity index (χ0n) is 16.0. The van der Waals surface area contributed by atoms with Gasteiger partial charge in [-0.3, -0.25) is 9.59 Å². The van der Waals surface area contributed by atoms with Crippen LogP contribution in [-0.4, -0.2) is 18.3 Å². The quantitative estimate of drug-likeness (QED) is 0.450. The van der Waals surface area contributed by atoms with Crippen molar-refractivity contribution in [3.05, 3.63) is 92.4 Å². The molecule has 6 heteroatoms. The van der Waals surface area contributed by atoms with Crippen LogP contribution in [0.3, 0.4) is 0 Å². The average Bonchev–Trinajstić information content (AvgIpc) is 2.68. The molecule has 0 heterocycles. The molecule has 1 N–H and O–H groups in total. The van der Waals surface area contributed by atoms with E-state index in [2.05, 4.69) is 21.2 Å². The molecular weight excluding hydrogens is 454 g/mol. The summed E-state index contributed by atoms with van der Waals surface area (Å²) < 4.78 is 6.48. The van der Waals surface area contributed by atoms with Gasteiger partial charge in [-0.1, -0.05) is 48.0 Å². The number of hydrogen-bond donors (Lipinski definition) is 1. The smallest absolute Gasteiger partial charge is 0.262 e. The summed E-state index contributed by atoms with van der Waals surface area (Å²) in [4.78, 5) is 25.3. The molecular formula is C23H19BrClNO3. The number of benzene rings is 3. The molecule has 3 aromatic rings. The van der Waals surface area contributed by atoms with E-state index in [1.165, 1.54) is 0 Å². The van der Waals surface area contributed by atoms with Crippen LogP contribution in [0.2, 0.25) is 5.02 Å². The van der Waals surface area contributed by atoms with Crippen molar-refractivity contribution in [3.63, 3.8) is 0 Å². The number of hydrogen-bond acceptors (Lipinski definition) is 3. The van der Waals surface area contributed by atoms with Gasteiger partial charge in [-0.2, -0.15) is 0 Å². The molecule has 0 aromatic heterocycles. The van der Waals surface area contributed by atoms with E-state index in [1.807, 2.05) is 32.0 Å². The molecule has 0 spiro atoms. The first-order chi connectivity index (χ1) is 13.8. The number of halogens is 2. The number of amides is 1. The summed E-state index contributed by atoms with van der Waals surface area (Å²) in [6, 6.07) is 17.5. The Bertz CT molecular complexity index is 1040. The second-order valence-corrected chi connectivity index (χ2v) is 7.91. The molecule has 0 aliphatic heterocycles. The molecule has 0 aliphatic rings. The summed E-state index contributed by atoms with van der Waals surface area (Å²) in [6.45, 7) is 3.71. The SMILES string of the molecule is Cc1cc(C)c(OCC(=O)Nc2ccc(Cl)cc2C(=O)c2ccccc2)c(Br)c1. The number of carbonyl (C=O) groups is 2. The van der Waals surface area contributed by atoms with E-state index in [4.69, 9.17) is 16.3 Å². The van der Waals surface area contributed by atoms with Crippen LogP contribution in [0.1, 0.15) is 27.0 Å². The van der Waals surface area contributed by atoms with Crippen molar-refractivity contribution < 1.29 is 14.3 Å². The molecule has 0 atom stereocenters. The van der Waals surface area contributed by atoms with Crippen molar-refractivity contribution >= 4 is 44.9 Å². The molecule has 3 rings (SSSR count). The highest BCUT2D eigenvalue weighted by Gasteiger charge is 2.17. The summed E-state index contributed by atoms with van der Waals surface area (Å²) in [7, 11) is 0. The van der Waals surface area contributed by atoms with Crippen molar-refractivity contribution in [2.45, 2.75) is 13.8 Å². The monoisotopic (exact) mass is 471 g/mol. The Labute approximate surface area is 183 Å². The number of carbonyl (C=O) groups excluding carboxylic acids is 2. The first kappa shape index (κ1) is 21.1. The number of ether oxygens (including phenoxy) is 1. The second-order valence-electron chi connectivity index (χ2n) is 6.61. The topological polar surface area (TPSA) is 55.4 Å². The number of nitrogens with one attached hydrogen (secondary N) is 1. The minimum absolute atomic E-state index is 0.190. The number of rotatable bonds is 6. The van der Waals surface area contributed by atoms with Gasteiger partial charge in [0.2, 0.25) is 0 Å². The Morgan fingerprint density at radius 2 is 1.76 bits per heavy atom. The Morgan fingerprint density at radius 3 is 2.45 bits per heavy atom. The minimum atomic E-state index is -0.374. The van der Waals surface area contributed by atoms with Crippen molar-refractivity contribution in [3.8, 4) is 5.75 Å². The first-order valence-corrected chi connectivity index (χ1v) is 10.1. The van der Waals surface area contributed by atoms with E-state index in [9.17, 15) is 9.59 Å². The highest BCUT2D eigenvalue weighted by Crippen LogP contribution is 2.30. The van der Waals surface area contributed by atoms with Crippen LogP contribution in [0.15, 0.2) is 65.1 Å². The van der Waals surface area contributed by atoms with Crippen LogP contribution in [-0.2, 0) is 4.79 Å². The molecule has 0 unspecified atom stereocenters. The van der Waals surface area contributed by atoms with Gasteiger partial charge in [-0.15, -0.1) is 0 Å². The highest BCUT2D eigenvalue weighted by molar-refractivity contribution is 9.10. The molecule has 4 nitrogen and oxygen atoms in total. The predicted molar refractivity (Wildman–Crippen MR) is 119 cm³/mol. The molecule has 29 heavy (non-hydrogen) atoms. The van der Waals surface area contributed by atoms with Gasteiger partial charge < -0.3 is 10.1 Å². The van der Waals surface area contributed by atoms with E-state index < -0.39 is 0 Å². The third-order valence-corrected chi connectivity index (χ3v) is 5.08. The number of ketones is 1. The van der Waals surface area contributed by atoms with Crippen molar-refractivity contribution in [2.24, 2.45) is 0 Å². The van der Waals surface area contributed by atoms with Gasteiger partial charge in [0.05, 0.1) is 10.2 Å². The van der Waals surface area contributed by atoms with Crippen LogP contribution < -0.4 is 10.1 Å². The molecule has 0 radical (unpaired) electrons. The third kappa shape index (κ3) is 5.25. The highest BCUT2D eigenvalue weighted by atomic mass is 79.9. The van der Waals surface area contributed by atoms with Gasteiger partial charge in [0.25, 0.3) is 5.91 Å². The van der Waals surface area contributed by atoms with E-state index in [1.54, 1.807) is 42.5 Å². The van der Waals surface area contributed by atoms with Gasteiger partial charge in [0.15, 0.2) is 12.4 Å². The molecule has 1 amide bonds. The van der Waals surface area contributed by atoms with E-state index in [0.29, 0.717) is 27.6 Å². The van der Waals surface area contributed by atoms with Gasteiger partial charge in [-0.25, -0.2) is 0 Å². The maximum atomic E-state index is 12.9. The lowest BCUT2D eigenvalue weighted by Gasteiger charge is -2.14. The van der Waals surface area contributed by atoms with Crippen LogP contribution in [0.4, 0.5) is 5.69 Å². The largest absolute Gasteiger partial charge is 0.482 e.